The van der Waals surface area contributed by atoms with Crippen LogP contribution in [0.2, 0.25) is 0 Å². The number of nitrogens with zero attached hydrogens (tertiary/aromatic N) is 2. The Morgan fingerprint density at radius 3 is 2.48 bits per heavy atom. The topological polar surface area (TPSA) is 96.0 Å². The minimum atomic E-state index is -1.71. The zero-order chi connectivity index (χ0) is 16.6. The first-order valence-corrected chi connectivity index (χ1v) is 7.02. The molecule has 116 valence electrons. The highest BCUT2D eigenvalue weighted by atomic mass is 16.3. The van der Waals surface area contributed by atoms with Crippen LogP contribution in [0.1, 0.15) is 12.5 Å². The predicted octanol–water partition coefficient (Wildman–Crippen LogP) is 1.54. The molecule has 0 saturated carbocycles. The molecule has 2 aromatic carbocycles. The van der Waals surface area contributed by atoms with Crippen molar-refractivity contribution >= 4 is 23.2 Å². The highest BCUT2D eigenvalue weighted by molar-refractivity contribution is 6.35. The number of primary amides is 1. The largest absolute Gasteiger partial charge is 0.508 e. The molecule has 2 amide bonds. The first-order chi connectivity index (χ1) is 11.0. The van der Waals surface area contributed by atoms with E-state index in [0.717, 1.165) is 0 Å². The van der Waals surface area contributed by atoms with Crippen LogP contribution >= 0.6 is 0 Å². The Morgan fingerprint density at radius 1 is 1.17 bits per heavy atom. The third-order valence-corrected chi connectivity index (χ3v) is 3.96. The maximum Gasteiger partial charge on any atom is 0.273 e. The average molecular weight is 309 g/mol. The van der Waals surface area contributed by atoms with E-state index in [9.17, 15) is 14.7 Å². The summed E-state index contributed by atoms with van der Waals surface area (Å²) in [4.78, 5) is 25.3. The normalized spacial score (nSPS) is 20.5. The van der Waals surface area contributed by atoms with Crippen molar-refractivity contribution in [3.8, 4) is 5.75 Å². The molecule has 23 heavy (non-hydrogen) atoms. The molecule has 3 N–H and O–H groups in total. The van der Waals surface area contributed by atoms with Gasteiger partial charge in [-0.2, -0.15) is 10.1 Å². The summed E-state index contributed by atoms with van der Waals surface area (Å²) in [5.74, 6) is -1.44. The van der Waals surface area contributed by atoms with Gasteiger partial charge in [-0.3, -0.25) is 9.59 Å². The molecule has 0 radical (unpaired) electrons. The van der Waals surface area contributed by atoms with Gasteiger partial charge in [0.1, 0.15) is 5.75 Å². The molecule has 0 spiro atoms. The van der Waals surface area contributed by atoms with Crippen molar-refractivity contribution in [2.45, 2.75) is 12.3 Å². The van der Waals surface area contributed by atoms with Crippen LogP contribution in [0.3, 0.4) is 0 Å². The minimum absolute atomic E-state index is 0.0538. The lowest BCUT2D eigenvalue weighted by Crippen LogP contribution is -2.53. The fourth-order valence-corrected chi connectivity index (χ4v) is 2.83. The Kier molecular flexibility index (Phi) is 3.37. The van der Waals surface area contributed by atoms with E-state index in [1.807, 2.05) is 6.07 Å². The lowest BCUT2D eigenvalue weighted by atomic mass is 9.75. The number of hydrazone groups is 1. The van der Waals surface area contributed by atoms with Gasteiger partial charge in [0.2, 0.25) is 5.91 Å². The maximum absolute atomic E-state index is 13.0. The number of para-hydroxylation sites is 1. The van der Waals surface area contributed by atoms with Crippen molar-refractivity contribution in [1.82, 2.24) is 0 Å². The molecule has 1 aliphatic rings. The van der Waals surface area contributed by atoms with Crippen molar-refractivity contribution in [3.05, 3.63) is 60.2 Å². The minimum Gasteiger partial charge on any atom is -0.508 e. The Bertz CT molecular complexity index is 817. The van der Waals surface area contributed by atoms with E-state index in [0.29, 0.717) is 11.3 Å². The van der Waals surface area contributed by atoms with E-state index in [1.165, 1.54) is 17.1 Å². The Balaban J connectivity index is 2.18. The van der Waals surface area contributed by atoms with Crippen LogP contribution in [0, 0.1) is 0 Å². The molecule has 6 heteroatoms. The molecule has 0 aliphatic carbocycles. The summed E-state index contributed by atoms with van der Waals surface area (Å²) >= 11 is 0. The van der Waals surface area contributed by atoms with Crippen LogP contribution in [0.25, 0.3) is 0 Å². The van der Waals surface area contributed by atoms with E-state index >= 15 is 0 Å². The highest BCUT2D eigenvalue weighted by Gasteiger charge is 2.56. The maximum atomic E-state index is 13.0. The number of nitrogens with two attached hydrogens (primary N) is 1. The van der Waals surface area contributed by atoms with Crippen molar-refractivity contribution in [2.75, 3.05) is 5.01 Å². The molecule has 1 aliphatic heterocycles. The van der Waals surface area contributed by atoms with Gasteiger partial charge in [0, 0.05) is 0 Å². The summed E-state index contributed by atoms with van der Waals surface area (Å²) in [6.45, 7) is 1.58. The molecule has 2 aromatic rings. The molecule has 1 atom stereocenters. The number of phenolic OH excluding ortho intramolecular Hbond substituents is 1. The van der Waals surface area contributed by atoms with Crippen molar-refractivity contribution in [3.63, 3.8) is 0 Å². The van der Waals surface area contributed by atoms with Gasteiger partial charge in [0.05, 0.1) is 11.4 Å². The zero-order valence-electron chi connectivity index (χ0n) is 12.4. The number of aromatic hydroxyl groups is 1. The quantitative estimate of drug-likeness (QED) is 0.842. The van der Waals surface area contributed by atoms with E-state index in [1.54, 1.807) is 43.3 Å². The molecule has 0 aromatic heterocycles. The second-order valence-corrected chi connectivity index (χ2v) is 5.30. The Hall–Kier alpha value is -3.15. The summed E-state index contributed by atoms with van der Waals surface area (Å²) in [5, 5.41) is 15.1. The van der Waals surface area contributed by atoms with Gasteiger partial charge < -0.3 is 10.8 Å². The zero-order valence-corrected chi connectivity index (χ0v) is 12.4. The number of anilines is 1. The molecule has 6 nitrogen and oxygen atoms in total. The Morgan fingerprint density at radius 2 is 1.87 bits per heavy atom. The van der Waals surface area contributed by atoms with Crippen LogP contribution in [-0.4, -0.2) is 22.6 Å². The Labute approximate surface area is 132 Å². The molecule has 3 rings (SSSR count). The third kappa shape index (κ3) is 2.07. The second-order valence-electron chi connectivity index (χ2n) is 5.30. The molecule has 0 fully saturated rings. The number of hydrogen-bond acceptors (Lipinski definition) is 4. The van der Waals surface area contributed by atoms with Gasteiger partial charge in [-0.1, -0.05) is 30.3 Å². The fourth-order valence-electron chi connectivity index (χ4n) is 2.83. The van der Waals surface area contributed by atoms with Crippen molar-refractivity contribution in [1.29, 1.82) is 0 Å². The smallest absolute Gasteiger partial charge is 0.273 e. The van der Waals surface area contributed by atoms with Gasteiger partial charge in [-0.25, -0.2) is 0 Å². The van der Waals surface area contributed by atoms with Crippen molar-refractivity contribution in [2.24, 2.45) is 10.8 Å². The molecule has 1 heterocycles. The molecular weight excluding hydrogens is 294 g/mol. The van der Waals surface area contributed by atoms with E-state index in [4.69, 9.17) is 5.73 Å². The van der Waals surface area contributed by atoms with Crippen LogP contribution in [0.4, 0.5) is 5.69 Å². The van der Waals surface area contributed by atoms with E-state index in [2.05, 4.69) is 5.10 Å². The van der Waals surface area contributed by atoms with Crippen LogP contribution in [0.5, 0.6) is 5.75 Å². The predicted molar refractivity (Wildman–Crippen MR) is 86.0 cm³/mol. The lowest BCUT2D eigenvalue weighted by molar-refractivity contribution is -0.130. The summed E-state index contributed by atoms with van der Waals surface area (Å²) in [6.07, 6.45) is 0. The van der Waals surface area contributed by atoms with Gasteiger partial charge in [0.25, 0.3) is 5.91 Å². The second kappa shape index (κ2) is 5.24. The van der Waals surface area contributed by atoms with Gasteiger partial charge >= 0.3 is 0 Å². The highest BCUT2D eigenvalue weighted by Crippen LogP contribution is 2.37. The molecule has 0 saturated heterocycles. The lowest BCUT2D eigenvalue weighted by Gasteiger charge is -2.25. The van der Waals surface area contributed by atoms with Crippen LogP contribution < -0.4 is 10.7 Å². The number of phenols is 1. The standard InChI is InChI=1S/C17H15N3O3/c1-11-17(15(18)22,12-6-5-9-14(21)10-12)16(23)20(19-11)13-7-3-2-4-8-13/h2-10,21H,1H3,(H2,18,22). The monoisotopic (exact) mass is 309 g/mol. The summed E-state index contributed by atoms with van der Waals surface area (Å²) in [5.41, 5.74) is 4.98. The average Bonchev–Trinajstić information content (AvgIpc) is 2.80. The number of amides is 2. The summed E-state index contributed by atoms with van der Waals surface area (Å²) in [6, 6.07) is 14.7. The first kappa shape index (κ1) is 14.8. The molecule has 0 bridgehead atoms. The van der Waals surface area contributed by atoms with E-state index < -0.39 is 17.2 Å². The number of hydrogen-bond donors (Lipinski definition) is 2. The van der Waals surface area contributed by atoms with Gasteiger partial charge in [-0.05, 0) is 36.8 Å². The first-order valence-electron chi connectivity index (χ1n) is 7.02. The van der Waals surface area contributed by atoms with Crippen LogP contribution in [-0.2, 0) is 15.0 Å². The number of carbonyl (C=O) groups is 2. The molecular formula is C17H15N3O3. The SMILES string of the molecule is CC1=NN(c2ccccc2)C(=O)C1(C(N)=O)c1cccc(O)c1. The van der Waals surface area contributed by atoms with Crippen LogP contribution in [0.15, 0.2) is 59.7 Å². The summed E-state index contributed by atoms with van der Waals surface area (Å²) < 4.78 is 0. The van der Waals surface area contributed by atoms with E-state index in [-0.39, 0.29) is 11.5 Å². The van der Waals surface area contributed by atoms with Gasteiger partial charge in [0.15, 0.2) is 5.41 Å². The summed E-state index contributed by atoms with van der Waals surface area (Å²) in [7, 11) is 0. The third-order valence-electron chi connectivity index (χ3n) is 3.96. The fraction of sp³-hybridized carbons (Fsp3) is 0.118. The number of rotatable bonds is 3. The number of carbonyl (C=O) groups excluding carboxylic acids is 2. The van der Waals surface area contributed by atoms with Crippen molar-refractivity contribution < 1.29 is 14.7 Å². The van der Waals surface area contributed by atoms with Gasteiger partial charge in [-0.15, -0.1) is 0 Å². The number of benzene rings is 2. The molecule has 1 unspecified atom stereocenters.